The summed E-state index contributed by atoms with van der Waals surface area (Å²) in [4.78, 5) is 3.46. The van der Waals surface area contributed by atoms with E-state index < -0.39 is 0 Å². The maximum absolute atomic E-state index is 11.9. The zero-order chi connectivity index (χ0) is 18.2. The molecule has 0 radical (unpaired) electrons. The lowest BCUT2D eigenvalue weighted by molar-refractivity contribution is -0.657. The molecular formula is C22H29N3O. The number of aryl methyl sites for hydroxylation is 1. The monoisotopic (exact) mass is 351 g/mol. The van der Waals surface area contributed by atoms with E-state index in [-0.39, 0.29) is 5.75 Å². The number of aromatic amines is 1. The Hall–Kier alpha value is -2.49. The Morgan fingerprint density at radius 3 is 2.50 bits per heavy atom. The average Bonchev–Trinajstić information content (AvgIpc) is 3.01. The van der Waals surface area contributed by atoms with E-state index in [0.717, 1.165) is 23.6 Å². The topological polar surface area (TPSA) is 54.8 Å². The summed E-state index contributed by atoms with van der Waals surface area (Å²) in [6.07, 6.45) is 7.69. The number of hydrogen-bond acceptors (Lipinski definition) is 2. The Morgan fingerprint density at radius 2 is 1.65 bits per heavy atom. The third-order valence-electron chi connectivity index (χ3n) is 4.87. The molecule has 1 aromatic heterocycles. The fourth-order valence-corrected chi connectivity index (χ4v) is 3.38. The molecule has 3 rings (SSSR count). The maximum atomic E-state index is 11.9. The lowest BCUT2D eigenvalue weighted by atomic mass is 10.1. The van der Waals surface area contributed by atoms with Gasteiger partial charge in [0.1, 0.15) is 11.0 Å². The van der Waals surface area contributed by atoms with Crippen LogP contribution in [0, 0.1) is 0 Å². The molecule has 0 bridgehead atoms. The molecule has 0 aliphatic heterocycles. The SMILES string of the molecule is CCCCCCCC[n+]1c(NCc2ccccc2[O-])[nH]c2ccccc21. The fraction of sp³-hybridized carbons (Fsp3) is 0.409. The molecule has 2 N–H and O–H groups in total. The molecule has 3 aromatic rings. The van der Waals surface area contributed by atoms with Crippen molar-refractivity contribution in [1.82, 2.24) is 4.98 Å². The number of rotatable bonds is 10. The van der Waals surface area contributed by atoms with Crippen LogP contribution in [0.25, 0.3) is 11.0 Å². The van der Waals surface area contributed by atoms with Crippen molar-refractivity contribution in [3.63, 3.8) is 0 Å². The number of H-pyrrole nitrogens is 1. The van der Waals surface area contributed by atoms with Crippen LogP contribution in [0.4, 0.5) is 5.95 Å². The van der Waals surface area contributed by atoms with Gasteiger partial charge in [0.05, 0.1) is 13.1 Å². The molecule has 0 atom stereocenters. The number of nitrogens with one attached hydrogen (secondary N) is 2. The highest BCUT2D eigenvalue weighted by Gasteiger charge is 2.16. The second-order valence-corrected chi connectivity index (χ2v) is 6.87. The molecule has 0 unspecified atom stereocenters. The number of hydrogen-bond donors (Lipinski definition) is 2. The van der Waals surface area contributed by atoms with Crippen LogP contribution in [0.5, 0.6) is 5.75 Å². The van der Waals surface area contributed by atoms with E-state index in [0.29, 0.717) is 6.54 Å². The molecular weight excluding hydrogens is 322 g/mol. The van der Waals surface area contributed by atoms with Crippen LogP contribution in [0.2, 0.25) is 0 Å². The molecule has 0 fully saturated rings. The molecule has 4 nitrogen and oxygen atoms in total. The van der Waals surface area contributed by atoms with Crippen LogP contribution in [-0.2, 0) is 13.1 Å². The van der Waals surface area contributed by atoms with Gasteiger partial charge in [-0.05, 0) is 24.1 Å². The minimum absolute atomic E-state index is 0.0820. The molecule has 0 saturated heterocycles. The van der Waals surface area contributed by atoms with Crippen LogP contribution >= 0.6 is 0 Å². The van der Waals surface area contributed by atoms with Crippen molar-refractivity contribution in [3.8, 4) is 5.75 Å². The first kappa shape index (κ1) is 18.3. The number of benzene rings is 2. The standard InChI is InChI=1S/C22H29N3O/c1-2-3-4-5-6-11-16-25-20-14-9-8-13-19(20)24-22(25)23-17-18-12-7-10-15-21(18)26/h7-10,12-15H,2-6,11,16-17H2,1H3,(H2,23,24,26). The van der Waals surface area contributed by atoms with Crippen LogP contribution in [-0.4, -0.2) is 4.98 Å². The molecule has 0 saturated carbocycles. The van der Waals surface area contributed by atoms with Crippen molar-refractivity contribution in [2.75, 3.05) is 5.32 Å². The number of aromatic nitrogens is 2. The Kier molecular flexibility index (Phi) is 6.53. The second-order valence-electron chi connectivity index (χ2n) is 6.87. The van der Waals surface area contributed by atoms with Crippen LogP contribution in [0.3, 0.4) is 0 Å². The highest BCUT2D eigenvalue weighted by Crippen LogP contribution is 2.16. The van der Waals surface area contributed by atoms with Crippen molar-refractivity contribution >= 4 is 17.0 Å². The highest BCUT2D eigenvalue weighted by atomic mass is 16.3. The summed E-state index contributed by atoms with van der Waals surface area (Å²) in [6, 6.07) is 15.6. The Labute approximate surface area is 155 Å². The van der Waals surface area contributed by atoms with E-state index in [2.05, 4.69) is 40.0 Å². The Balaban J connectivity index is 1.69. The van der Waals surface area contributed by atoms with Gasteiger partial charge in [-0.1, -0.05) is 75.4 Å². The van der Waals surface area contributed by atoms with Crippen LogP contribution in [0.1, 0.15) is 51.0 Å². The number of nitrogens with zero attached hydrogens (tertiary/aromatic N) is 1. The van der Waals surface area contributed by atoms with Crippen LogP contribution < -0.4 is 15.0 Å². The van der Waals surface area contributed by atoms with Crippen molar-refractivity contribution < 1.29 is 9.67 Å². The van der Waals surface area contributed by atoms with Gasteiger partial charge >= 0.3 is 5.95 Å². The van der Waals surface area contributed by atoms with E-state index in [4.69, 9.17) is 0 Å². The van der Waals surface area contributed by atoms with Gasteiger partial charge in [-0.2, -0.15) is 0 Å². The number of para-hydroxylation sites is 3. The predicted molar refractivity (Wildman–Crippen MR) is 105 cm³/mol. The summed E-state index contributed by atoms with van der Waals surface area (Å²) < 4.78 is 2.31. The third-order valence-corrected chi connectivity index (χ3v) is 4.87. The summed E-state index contributed by atoms with van der Waals surface area (Å²) >= 11 is 0. The van der Waals surface area contributed by atoms with E-state index >= 15 is 0 Å². The largest absolute Gasteiger partial charge is 0.872 e. The first-order valence-electron chi connectivity index (χ1n) is 9.79. The molecule has 0 aliphatic carbocycles. The quantitative estimate of drug-likeness (QED) is 0.417. The van der Waals surface area contributed by atoms with Crippen molar-refractivity contribution in [2.24, 2.45) is 0 Å². The van der Waals surface area contributed by atoms with E-state index in [1.165, 1.54) is 44.0 Å². The highest BCUT2D eigenvalue weighted by molar-refractivity contribution is 5.72. The fourth-order valence-electron chi connectivity index (χ4n) is 3.38. The summed E-state index contributed by atoms with van der Waals surface area (Å²) in [5.74, 6) is 1.06. The van der Waals surface area contributed by atoms with Crippen molar-refractivity contribution in [2.45, 2.75) is 58.5 Å². The van der Waals surface area contributed by atoms with E-state index in [9.17, 15) is 5.11 Å². The Morgan fingerprint density at radius 1 is 0.923 bits per heavy atom. The summed E-state index contributed by atoms with van der Waals surface area (Å²) in [5, 5.41) is 15.4. The zero-order valence-electron chi connectivity index (χ0n) is 15.6. The van der Waals surface area contributed by atoms with Crippen molar-refractivity contribution in [1.29, 1.82) is 0 Å². The second kappa shape index (κ2) is 9.27. The van der Waals surface area contributed by atoms with Gasteiger partial charge in [-0.15, -0.1) is 5.75 Å². The first-order chi connectivity index (χ1) is 12.8. The molecule has 0 amide bonds. The summed E-state index contributed by atoms with van der Waals surface area (Å²) in [5.41, 5.74) is 3.12. The van der Waals surface area contributed by atoms with E-state index in [1.54, 1.807) is 12.1 Å². The first-order valence-corrected chi connectivity index (χ1v) is 9.79. The van der Waals surface area contributed by atoms with Gasteiger partial charge in [0.15, 0.2) is 0 Å². The van der Waals surface area contributed by atoms with Gasteiger partial charge < -0.3 is 5.11 Å². The number of imidazole rings is 1. The zero-order valence-corrected chi connectivity index (χ0v) is 15.6. The average molecular weight is 351 g/mol. The lowest BCUT2D eigenvalue weighted by Crippen LogP contribution is -2.36. The third kappa shape index (κ3) is 4.57. The molecule has 0 aliphatic rings. The van der Waals surface area contributed by atoms with Gasteiger partial charge in [0.2, 0.25) is 0 Å². The molecule has 4 heteroatoms. The molecule has 26 heavy (non-hydrogen) atoms. The number of anilines is 1. The van der Waals surface area contributed by atoms with E-state index in [1.807, 2.05) is 18.2 Å². The molecule has 138 valence electrons. The molecule has 0 spiro atoms. The summed E-state index contributed by atoms with van der Waals surface area (Å²) in [7, 11) is 0. The van der Waals surface area contributed by atoms with Gasteiger partial charge in [0.25, 0.3) is 0 Å². The number of fused-ring (bicyclic) bond motifs is 1. The minimum Gasteiger partial charge on any atom is -0.872 e. The van der Waals surface area contributed by atoms with Gasteiger partial charge in [0, 0.05) is 0 Å². The van der Waals surface area contributed by atoms with Gasteiger partial charge in [-0.25, -0.2) is 9.55 Å². The minimum atomic E-state index is 0.0820. The Bertz CT molecular complexity index is 825. The maximum Gasteiger partial charge on any atom is 0.356 e. The molecule has 1 heterocycles. The van der Waals surface area contributed by atoms with Crippen LogP contribution in [0.15, 0.2) is 48.5 Å². The van der Waals surface area contributed by atoms with Gasteiger partial charge in [-0.3, -0.25) is 5.32 Å². The lowest BCUT2D eigenvalue weighted by Gasteiger charge is -2.11. The molecule has 2 aromatic carbocycles. The summed E-state index contributed by atoms with van der Waals surface area (Å²) in [6.45, 7) is 3.76. The normalized spacial score (nSPS) is 11.1. The smallest absolute Gasteiger partial charge is 0.356 e. The number of unbranched alkanes of at least 4 members (excludes halogenated alkanes) is 5. The predicted octanol–water partition coefficient (Wildman–Crippen LogP) is 4.50. The van der Waals surface area contributed by atoms with Crippen molar-refractivity contribution in [3.05, 3.63) is 54.1 Å².